The summed E-state index contributed by atoms with van der Waals surface area (Å²) in [5, 5.41) is 4.65. The van der Waals surface area contributed by atoms with Crippen molar-refractivity contribution >= 4 is 38.3 Å². The van der Waals surface area contributed by atoms with Gasteiger partial charge in [0.25, 0.3) is 0 Å². The highest BCUT2D eigenvalue weighted by molar-refractivity contribution is 9.10. The molecule has 0 amide bonds. The Morgan fingerprint density at radius 2 is 1.96 bits per heavy atom. The third-order valence-corrected chi connectivity index (χ3v) is 4.74. The van der Waals surface area contributed by atoms with Crippen LogP contribution < -0.4 is 10.2 Å². The molecular formula is C18H17BrN4. The lowest BCUT2D eigenvalue weighted by Crippen LogP contribution is -2.26. The normalized spacial score (nSPS) is 17.6. The molecule has 3 aromatic rings. The Morgan fingerprint density at radius 3 is 2.83 bits per heavy atom. The molecule has 1 unspecified atom stereocenters. The highest BCUT2D eigenvalue weighted by Gasteiger charge is 2.23. The van der Waals surface area contributed by atoms with E-state index in [1.165, 1.54) is 5.69 Å². The van der Waals surface area contributed by atoms with Crippen LogP contribution in [0, 0.1) is 0 Å². The van der Waals surface area contributed by atoms with Gasteiger partial charge in [-0.2, -0.15) is 0 Å². The molecule has 4 rings (SSSR count). The van der Waals surface area contributed by atoms with E-state index in [1.807, 2.05) is 12.1 Å². The number of benzene rings is 2. The highest BCUT2D eigenvalue weighted by atomic mass is 79.9. The SMILES string of the molecule is Brc1ccc2ncnc(NC3CCN(c4ccccc4)C3)c2c1. The van der Waals surface area contributed by atoms with Crippen molar-refractivity contribution in [3.8, 4) is 0 Å². The summed E-state index contributed by atoms with van der Waals surface area (Å²) in [5.74, 6) is 0.913. The van der Waals surface area contributed by atoms with Gasteiger partial charge >= 0.3 is 0 Å². The van der Waals surface area contributed by atoms with Crippen molar-refractivity contribution in [3.05, 3.63) is 59.3 Å². The summed E-state index contributed by atoms with van der Waals surface area (Å²) in [6.45, 7) is 2.05. The van der Waals surface area contributed by atoms with Crippen LogP contribution in [-0.2, 0) is 0 Å². The zero-order valence-corrected chi connectivity index (χ0v) is 14.2. The molecule has 1 aliphatic heterocycles. The molecule has 1 N–H and O–H groups in total. The molecule has 5 heteroatoms. The van der Waals surface area contributed by atoms with Crippen molar-refractivity contribution in [2.75, 3.05) is 23.3 Å². The molecule has 2 aromatic carbocycles. The quantitative estimate of drug-likeness (QED) is 0.755. The van der Waals surface area contributed by atoms with Gasteiger partial charge in [-0.3, -0.25) is 0 Å². The van der Waals surface area contributed by atoms with Crippen LogP contribution in [0.4, 0.5) is 11.5 Å². The van der Waals surface area contributed by atoms with Crippen LogP contribution in [0.3, 0.4) is 0 Å². The topological polar surface area (TPSA) is 41.1 Å². The van der Waals surface area contributed by atoms with Gasteiger partial charge in [0, 0.05) is 34.7 Å². The molecule has 116 valence electrons. The smallest absolute Gasteiger partial charge is 0.137 e. The van der Waals surface area contributed by atoms with Crippen molar-refractivity contribution in [2.24, 2.45) is 0 Å². The minimum absolute atomic E-state index is 0.396. The number of hydrogen-bond acceptors (Lipinski definition) is 4. The summed E-state index contributed by atoms with van der Waals surface area (Å²) in [6.07, 6.45) is 2.73. The first kappa shape index (κ1) is 14.5. The first-order valence-electron chi connectivity index (χ1n) is 7.76. The molecular weight excluding hydrogens is 352 g/mol. The monoisotopic (exact) mass is 368 g/mol. The summed E-state index contributed by atoms with van der Waals surface area (Å²) in [5.41, 5.74) is 2.25. The number of para-hydroxylation sites is 1. The van der Waals surface area contributed by atoms with E-state index in [4.69, 9.17) is 0 Å². The molecule has 4 nitrogen and oxygen atoms in total. The summed E-state index contributed by atoms with van der Waals surface area (Å²) >= 11 is 3.53. The van der Waals surface area contributed by atoms with Gasteiger partial charge < -0.3 is 10.2 Å². The standard InChI is InChI=1S/C18H17BrN4/c19-13-6-7-17-16(10-13)18(21-12-20-17)22-14-8-9-23(11-14)15-4-2-1-3-5-15/h1-7,10,12,14H,8-9,11H2,(H,20,21,22). The lowest BCUT2D eigenvalue weighted by molar-refractivity contribution is 0.802. The van der Waals surface area contributed by atoms with Crippen LogP contribution in [0.25, 0.3) is 10.9 Å². The number of hydrogen-bond donors (Lipinski definition) is 1. The minimum atomic E-state index is 0.396. The fraction of sp³-hybridized carbons (Fsp3) is 0.222. The second-order valence-electron chi connectivity index (χ2n) is 5.80. The van der Waals surface area contributed by atoms with Crippen LogP contribution in [0.5, 0.6) is 0 Å². The highest BCUT2D eigenvalue weighted by Crippen LogP contribution is 2.26. The molecule has 0 aliphatic carbocycles. The minimum Gasteiger partial charge on any atom is -0.369 e. The predicted molar refractivity (Wildman–Crippen MR) is 97.9 cm³/mol. The number of nitrogens with zero attached hydrogens (tertiary/aromatic N) is 3. The van der Waals surface area contributed by atoms with Crippen molar-refractivity contribution in [1.29, 1.82) is 0 Å². The van der Waals surface area contributed by atoms with Gasteiger partial charge in [0.15, 0.2) is 0 Å². The van der Waals surface area contributed by atoms with Gasteiger partial charge in [-0.15, -0.1) is 0 Å². The molecule has 0 spiro atoms. The van der Waals surface area contributed by atoms with Crippen LogP contribution in [0.15, 0.2) is 59.3 Å². The van der Waals surface area contributed by atoms with E-state index in [2.05, 4.69) is 72.5 Å². The van der Waals surface area contributed by atoms with Gasteiger partial charge in [0.1, 0.15) is 12.1 Å². The Hall–Kier alpha value is -2.14. The lowest BCUT2D eigenvalue weighted by Gasteiger charge is -2.19. The van der Waals surface area contributed by atoms with E-state index in [1.54, 1.807) is 6.33 Å². The fourth-order valence-electron chi connectivity index (χ4n) is 3.09. The third-order valence-electron chi connectivity index (χ3n) is 4.25. The molecule has 0 bridgehead atoms. The Labute approximate surface area is 143 Å². The largest absolute Gasteiger partial charge is 0.369 e. The maximum Gasteiger partial charge on any atom is 0.137 e. The lowest BCUT2D eigenvalue weighted by atomic mass is 10.2. The molecule has 23 heavy (non-hydrogen) atoms. The molecule has 1 aromatic heterocycles. The van der Waals surface area contributed by atoms with Crippen molar-refractivity contribution in [3.63, 3.8) is 0 Å². The van der Waals surface area contributed by atoms with Gasteiger partial charge in [0.05, 0.1) is 5.52 Å². The van der Waals surface area contributed by atoms with Gasteiger partial charge in [-0.1, -0.05) is 34.1 Å². The van der Waals surface area contributed by atoms with E-state index in [9.17, 15) is 0 Å². The van der Waals surface area contributed by atoms with Gasteiger partial charge in [-0.05, 0) is 36.8 Å². The van der Waals surface area contributed by atoms with Crippen molar-refractivity contribution < 1.29 is 0 Å². The molecule has 1 saturated heterocycles. The third kappa shape index (κ3) is 3.01. The number of fused-ring (bicyclic) bond motifs is 1. The average molecular weight is 369 g/mol. The number of aromatic nitrogens is 2. The van der Waals surface area contributed by atoms with Crippen LogP contribution >= 0.6 is 15.9 Å². The van der Waals surface area contributed by atoms with Crippen LogP contribution in [0.1, 0.15) is 6.42 Å². The maximum absolute atomic E-state index is 4.45. The molecule has 0 saturated carbocycles. The predicted octanol–water partition coefficient (Wildman–Crippen LogP) is 4.08. The zero-order chi connectivity index (χ0) is 15.6. The Bertz CT molecular complexity index is 822. The van der Waals surface area contributed by atoms with Gasteiger partial charge in [0.2, 0.25) is 0 Å². The fourth-order valence-corrected chi connectivity index (χ4v) is 3.45. The van der Waals surface area contributed by atoms with Gasteiger partial charge in [-0.25, -0.2) is 9.97 Å². The molecule has 2 heterocycles. The summed E-state index contributed by atoms with van der Waals surface area (Å²) in [6, 6.07) is 17.0. The van der Waals surface area contributed by atoms with Crippen LogP contribution in [-0.4, -0.2) is 29.1 Å². The van der Waals surface area contributed by atoms with E-state index in [0.29, 0.717) is 6.04 Å². The second-order valence-corrected chi connectivity index (χ2v) is 6.71. The average Bonchev–Trinajstić information content (AvgIpc) is 3.05. The molecule has 1 atom stereocenters. The number of halogens is 1. The number of nitrogens with one attached hydrogen (secondary N) is 1. The van der Waals surface area contributed by atoms with Crippen molar-refractivity contribution in [2.45, 2.75) is 12.5 Å². The van der Waals surface area contributed by atoms with E-state index in [0.717, 1.165) is 40.7 Å². The maximum atomic E-state index is 4.45. The van der Waals surface area contributed by atoms with E-state index in [-0.39, 0.29) is 0 Å². The number of anilines is 2. The Balaban J connectivity index is 1.54. The van der Waals surface area contributed by atoms with Crippen molar-refractivity contribution in [1.82, 2.24) is 9.97 Å². The Kier molecular flexibility index (Phi) is 3.87. The first-order valence-corrected chi connectivity index (χ1v) is 8.56. The number of rotatable bonds is 3. The van der Waals surface area contributed by atoms with E-state index < -0.39 is 0 Å². The zero-order valence-electron chi connectivity index (χ0n) is 12.6. The van der Waals surface area contributed by atoms with E-state index >= 15 is 0 Å². The second kappa shape index (κ2) is 6.16. The molecule has 0 radical (unpaired) electrons. The van der Waals surface area contributed by atoms with Crippen LogP contribution in [0.2, 0.25) is 0 Å². The summed E-state index contributed by atoms with van der Waals surface area (Å²) < 4.78 is 1.04. The molecule has 1 aliphatic rings. The first-order chi connectivity index (χ1) is 11.3. The Morgan fingerprint density at radius 1 is 1.09 bits per heavy atom. The summed E-state index contributed by atoms with van der Waals surface area (Å²) in [4.78, 5) is 11.2. The molecule has 1 fully saturated rings. The summed E-state index contributed by atoms with van der Waals surface area (Å²) in [7, 11) is 0.